The summed E-state index contributed by atoms with van der Waals surface area (Å²) in [6.07, 6.45) is 2.10. The number of hydrogen-bond donors (Lipinski definition) is 2. The first kappa shape index (κ1) is 15.7. The van der Waals surface area contributed by atoms with Crippen LogP contribution in [0.4, 0.5) is 0 Å². The Balaban J connectivity index is 2.10. The van der Waals surface area contributed by atoms with Crippen molar-refractivity contribution in [3.63, 3.8) is 0 Å². The van der Waals surface area contributed by atoms with Crippen LogP contribution in [0.3, 0.4) is 0 Å². The number of benzene rings is 1. The van der Waals surface area contributed by atoms with Crippen LogP contribution in [-0.4, -0.2) is 44.6 Å². The van der Waals surface area contributed by atoms with Gasteiger partial charge in [0.1, 0.15) is 0 Å². The highest BCUT2D eigenvalue weighted by atomic mass is 35.5. The number of halogens is 1. The molecule has 1 atom stereocenters. The topological polar surface area (TPSA) is 69.6 Å². The Kier molecular flexibility index (Phi) is 5.04. The van der Waals surface area contributed by atoms with Gasteiger partial charge in [0, 0.05) is 17.6 Å². The molecule has 1 aliphatic heterocycles. The highest BCUT2D eigenvalue weighted by Crippen LogP contribution is 2.21. The highest BCUT2D eigenvalue weighted by molar-refractivity contribution is 7.89. The third-order valence-corrected chi connectivity index (χ3v) is 5.47. The first-order valence-electron chi connectivity index (χ1n) is 6.53. The number of nitrogens with zero attached hydrogens (tertiary/aromatic N) is 1. The molecule has 0 amide bonds. The van der Waals surface area contributed by atoms with E-state index in [9.17, 15) is 8.42 Å². The van der Waals surface area contributed by atoms with Crippen LogP contribution < -0.4 is 4.72 Å². The van der Waals surface area contributed by atoms with E-state index in [4.69, 9.17) is 16.7 Å². The number of aliphatic hydroxyl groups is 1. The molecule has 1 aromatic carbocycles. The zero-order valence-corrected chi connectivity index (χ0v) is 12.9. The molecule has 1 unspecified atom stereocenters. The minimum atomic E-state index is -3.57. The fourth-order valence-electron chi connectivity index (χ4n) is 2.37. The lowest BCUT2D eigenvalue weighted by molar-refractivity contribution is 0.281. The quantitative estimate of drug-likeness (QED) is 0.856. The minimum absolute atomic E-state index is 0.131. The van der Waals surface area contributed by atoms with Crippen LogP contribution in [0.25, 0.3) is 0 Å². The van der Waals surface area contributed by atoms with Crippen molar-refractivity contribution in [3.05, 3.63) is 28.8 Å². The van der Waals surface area contributed by atoms with Crippen LogP contribution in [0.1, 0.15) is 18.4 Å². The van der Waals surface area contributed by atoms with Crippen molar-refractivity contribution < 1.29 is 13.5 Å². The number of hydrogen-bond acceptors (Lipinski definition) is 4. The first-order chi connectivity index (χ1) is 9.44. The summed E-state index contributed by atoms with van der Waals surface area (Å²) < 4.78 is 27.1. The van der Waals surface area contributed by atoms with Crippen molar-refractivity contribution in [2.75, 3.05) is 20.1 Å². The number of likely N-dealkylation sites (tertiary alicyclic amines) is 1. The van der Waals surface area contributed by atoms with E-state index in [1.54, 1.807) is 0 Å². The molecule has 1 saturated heterocycles. The molecule has 1 fully saturated rings. The molecule has 0 spiro atoms. The van der Waals surface area contributed by atoms with Crippen molar-refractivity contribution in [2.24, 2.45) is 0 Å². The van der Waals surface area contributed by atoms with Gasteiger partial charge in [-0.15, -0.1) is 0 Å². The Bertz CT molecular complexity index is 577. The molecule has 0 aromatic heterocycles. The normalized spacial score (nSPS) is 20.4. The number of rotatable bonds is 5. The summed E-state index contributed by atoms with van der Waals surface area (Å²) >= 11 is 5.86. The van der Waals surface area contributed by atoms with Crippen LogP contribution in [-0.2, 0) is 16.6 Å². The van der Waals surface area contributed by atoms with Crippen molar-refractivity contribution in [1.82, 2.24) is 9.62 Å². The fraction of sp³-hybridized carbons (Fsp3) is 0.538. The molecule has 20 heavy (non-hydrogen) atoms. The Hall–Kier alpha value is -0.660. The third-order valence-electron chi connectivity index (χ3n) is 3.68. The highest BCUT2D eigenvalue weighted by Gasteiger charge is 2.23. The van der Waals surface area contributed by atoms with E-state index in [0.29, 0.717) is 17.1 Å². The van der Waals surface area contributed by atoms with Gasteiger partial charge in [-0.1, -0.05) is 11.6 Å². The summed E-state index contributed by atoms with van der Waals surface area (Å²) in [4.78, 5) is 2.29. The largest absolute Gasteiger partial charge is 0.392 e. The average Bonchev–Trinajstić information content (AvgIpc) is 2.82. The standard InChI is InChI=1S/C13H19ClN2O3S/c1-16-6-2-3-11(16)8-15-20(18,19)12-4-5-13(14)10(7-12)9-17/h4-5,7,11,15,17H,2-3,6,8-9H2,1H3. The Labute approximate surface area is 124 Å². The minimum Gasteiger partial charge on any atom is -0.392 e. The van der Waals surface area contributed by atoms with E-state index in [2.05, 4.69) is 9.62 Å². The Morgan fingerprint density at radius 2 is 2.25 bits per heavy atom. The third kappa shape index (κ3) is 3.51. The Morgan fingerprint density at radius 1 is 1.50 bits per heavy atom. The SMILES string of the molecule is CN1CCCC1CNS(=O)(=O)c1ccc(Cl)c(CO)c1. The molecule has 5 nitrogen and oxygen atoms in total. The van der Waals surface area contributed by atoms with Gasteiger partial charge in [0.25, 0.3) is 0 Å². The monoisotopic (exact) mass is 318 g/mol. The second kappa shape index (κ2) is 6.41. The van der Waals surface area contributed by atoms with E-state index in [0.717, 1.165) is 19.4 Å². The summed E-state index contributed by atoms with van der Waals surface area (Å²) in [5.74, 6) is 0. The van der Waals surface area contributed by atoms with Gasteiger partial charge < -0.3 is 10.0 Å². The zero-order valence-electron chi connectivity index (χ0n) is 11.3. The lowest BCUT2D eigenvalue weighted by Gasteiger charge is -2.19. The molecule has 0 saturated carbocycles. The summed E-state index contributed by atoms with van der Waals surface area (Å²) in [5, 5.41) is 9.50. The van der Waals surface area contributed by atoms with Gasteiger partial charge in [-0.05, 0) is 50.2 Å². The van der Waals surface area contributed by atoms with Crippen LogP contribution >= 0.6 is 11.6 Å². The van der Waals surface area contributed by atoms with Gasteiger partial charge in [0.2, 0.25) is 10.0 Å². The van der Waals surface area contributed by atoms with Crippen LogP contribution in [0, 0.1) is 0 Å². The second-order valence-corrected chi connectivity index (χ2v) is 7.21. The maximum Gasteiger partial charge on any atom is 0.240 e. The Morgan fingerprint density at radius 3 is 2.85 bits per heavy atom. The number of likely N-dealkylation sites (N-methyl/N-ethyl adjacent to an activating group) is 1. The summed E-state index contributed by atoms with van der Waals surface area (Å²) in [6, 6.07) is 4.59. The lowest BCUT2D eigenvalue weighted by Crippen LogP contribution is -2.38. The smallest absolute Gasteiger partial charge is 0.240 e. The van der Waals surface area contributed by atoms with Gasteiger partial charge in [-0.2, -0.15) is 0 Å². The molecule has 112 valence electrons. The summed E-state index contributed by atoms with van der Waals surface area (Å²) in [6.45, 7) is 1.12. The predicted molar refractivity (Wildman–Crippen MR) is 78.2 cm³/mol. The summed E-state index contributed by atoms with van der Waals surface area (Å²) in [7, 11) is -1.57. The maximum atomic E-state index is 12.2. The van der Waals surface area contributed by atoms with E-state index in [1.165, 1.54) is 18.2 Å². The van der Waals surface area contributed by atoms with Crippen molar-refractivity contribution in [2.45, 2.75) is 30.4 Å². The molecule has 0 aliphatic carbocycles. The van der Waals surface area contributed by atoms with Gasteiger partial charge in [0.05, 0.1) is 11.5 Å². The summed E-state index contributed by atoms with van der Waals surface area (Å²) in [5.41, 5.74) is 0.410. The fourth-order valence-corrected chi connectivity index (χ4v) is 3.67. The number of aliphatic hydroxyl groups excluding tert-OH is 1. The van der Waals surface area contributed by atoms with Crippen molar-refractivity contribution in [1.29, 1.82) is 0 Å². The van der Waals surface area contributed by atoms with Crippen LogP contribution in [0.2, 0.25) is 5.02 Å². The molecule has 2 N–H and O–H groups in total. The molecule has 0 radical (unpaired) electrons. The van der Waals surface area contributed by atoms with Gasteiger partial charge >= 0.3 is 0 Å². The van der Waals surface area contributed by atoms with Crippen molar-refractivity contribution in [3.8, 4) is 0 Å². The second-order valence-electron chi connectivity index (χ2n) is 5.04. The van der Waals surface area contributed by atoms with E-state index >= 15 is 0 Å². The van der Waals surface area contributed by atoms with Crippen LogP contribution in [0.5, 0.6) is 0 Å². The molecule has 1 aliphatic rings. The molecular weight excluding hydrogens is 300 g/mol. The molecule has 2 rings (SSSR count). The zero-order chi connectivity index (χ0) is 14.8. The van der Waals surface area contributed by atoms with Gasteiger partial charge in [0.15, 0.2) is 0 Å². The van der Waals surface area contributed by atoms with Gasteiger partial charge in [-0.3, -0.25) is 0 Å². The molecular formula is C13H19ClN2O3S. The maximum absolute atomic E-state index is 12.2. The van der Waals surface area contributed by atoms with E-state index < -0.39 is 10.0 Å². The molecule has 1 heterocycles. The van der Waals surface area contributed by atoms with Crippen molar-refractivity contribution >= 4 is 21.6 Å². The number of nitrogens with one attached hydrogen (secondary N) is 1. The first-order valence-corrected chi connectivity index (χ1v) is 8.39. The average molecular weight is 319 g/mol. The molecule has 7 heteroatoms. The predicted octanol–water partition coefficient (Wildman–Crippen LogP) is 1.20. The van der Waals surface area contributed by atoms with E-state index in [-0.39, 0.29) is 17.5 Å². The van der Waals surface area contributed by atoms with Crippen LogP contribution in [0.15, 0.2) is 23.1 Å². The van der Waals surface area contributed by atoms with E-state index in [1.807, 2.05) is 7.05 Å². The molecule has 1 aromatic rings. The molecule has 0 bridgehead atoms. The number of sulfonamides is 1. The van der Waals surface area contributed by atoms with Gasteiger partial charge in [-0.25, -0.2) is 13.1 Å². The lowest BCUT2D eigenvalue weighted by atomic mass is 10.2.